The van der Waals surface area contributed by atoms with Crippen LogP contribution in [0.4, 0.5) is 17.1 Å². The third-order valence-corrected chi connectivity index (χ3v) is 18.6. The van der Waals surface area contributed by atoms with Gasteiger partial charge in [0.05, 0.1) is 66.0 Å². The van der Waals surface area contributed by atoms with Gasteiger partial charge < -0.3 is 39.6 Å². The Balaban J connectivity index is 1.08. The van der Waals surface area contributed by atoms with Crippen LogP contribution >= 0.6 is 0 Å². The molecule has 71 heavy (non-hydrogen) atoms. The summed E-state index contributed by atoms with van der Waals surface area (Å²) in [5.74, 6) is 0.536. The number of rotatable bonds is 17. The van der Waals surface area contributed by atoms with Crippen LogP contribution in [0.3, 0.4) is 0 Å². The van der Waals surface area contributed by atoms with Crippen molar-refractivity contribution in [3.63, 3.8) is 0 Å². The highest BCUT2D eigenvalue weighted by Crippen LogP contribution is 2.60. The molecule has 0 saturated carbocycles. The average molecular weight is 971 g/mol. The third kappa shape index (κ3) is 9.55. The number of carbonyl (C=O) groups excluding carboxylic acids is 3. The molecule has 3 amide bonds. The molecule has 14 nitrogen and oxygen atoms in total. The van der Waals surface area contributed by atoms with Gasteiger partial charge in [0.2, 0.25) is 0 Å². The van der Waals surface area contributed by atoms with Gasteiger partial charge in [-0.1, -0.05) is 85.0 Å². The Bertz CT molecular complexity index is 3020. The molecule has 1 saturated heterocycles. The lowest BCUT2D eigenvalue weighted by Crippen LogP contribution is -2.51. The van der Waals surface area contributed by atoms with Gasteiger partial charge in [-0.05, 0) is 114 Å². The van der Waals surface area contributed by atoms with E-state index in [1.165, 1.54) is 5.19 Å². The van der Waals surface area contributed by atoms with Crippen molar-refractivity contribution in [2.24, 2.45) is 5.92 Å². The number of nitrogens with one attached hydrogen (secondary N) is 2. The minimum Gasteiger partial charge on any atom is -0.497 e. The van der Waals surface area contributed by atoms with Crippen molar-refractivity contribution in [3.8, 4) is 17.2 Å². The summed E-state index contributed by atoms with van der Waals surface area (Å²) in [6.45, 7) is 7.29. The average Bonchev–Trinajstić information content (AvgIpc) is 4.06. The van der Waals surface area contributed by atoms with E-state index in [9.17, 15) is 14.7 Å². The van der Waals surface area contributed by atoms with Gasteiger partial charge in [-0.25, -0.2) is 0 Å². The third-order valence-electron chi connectivity index (χ3n) is 14.3. The zero-order valence-electron chi connectivity index (χ0n) is 40.7. The zero-order valence-corrected chi connectivity index (χ0v) is 41.7. The predicted molar refractivity (Wildman–Crippen MR) is 276 cm³/mol. The topological polar surface area (TPSA) is 166 Å². The summed E-state index contributed by atoms with van der Waals surface area (Å²) in [7, 11) is 2.25. The Kier molecular flexibility index (Phi) is 13.9. The molecular weight excluding hydrogens is 913 g/mol. The maximum absolute atomic E-state index is 15.8. The number of carbonyl (C=O) groups is 3. The highest BCUT2D eigenvalue weighted by molar-refractivity contribution is 6.91. The Morgan fingerprint density at radius 2 is 1.35 bits per heavy atom. The lowest BCUT2D eigenvalue weighted by Gasteiger charge is -2.37. The molecule has 0 bridgehead atoms. The lowest BCUT2D eigenvalue weighted by atomic mass is 9.82. The number of benzene rings is 6. The molecule has 7 aromatic rings. The quantitative estimate of drug-likeness (QED) is 0.0751. The molecule has 1 aromatic heterocycles. The molecule has 15 heteroatoms. The maximum atomic E-state index is 15.8. The van der Waals surface area contributed by atoms with Gasteiger partial charge in [-0.3, -0.25) is 19.1 Å². The highest BCUT2D eigenvalue weighted by Gasteiger charge is 2.66. The molecule has 1 spiro atoms. The van der Waals surface area contributed by atoms with Crippen LogP contribution in [0.25, 0.3) is 0 Å². The van der Waals surface area contributed by atoms with Crippen LogP contribution in [0, 0.1) is 5.92 Å². The molecule has 6 aromatic carbocycles. The number of aliphatic hydroxyl groups is 1. The van der Waals surface area contributed by atoms with Crippen molar-refractivity contribution in [3.05, 3.63) is 185 Å². The van der Waals surface area contributed by atoms with Gasteiger partial charge in [-0.2, -0.15) is 0 Å². The SMILES string of the molecule is COc1ccc(C(=O)Nc2cccc(CN3C(=O)[C@]4(O[C@H](CCn5cc(C(CO)c6ccccc6)nn5)[C@@H]([Si](C)(C)c5ccc(OC)cc5)[C@@H]4C)c4cc(NC(=O)c5ccc(OC)cc5)ccc43)c2)cc1. The highest BCUT2D eigenvalue weighted by atomic mass is 28.3. The number of aryl methyl sites for hydroxylation is 1. The normalized spacial score (nSPS) is 18.8. The molecule has 2 aliphatic rings. The van der Waals surface area contributed by atoms with Crippen molar-refractivity contribution in [2.75, 3.05) is 43.5 Å². The predicted octanol–water partition coefficient (Wildman–Crippen LogP) is 8.79. The van der Waals surface area contributed by atoms with E-state index in [4.69, 9.17) is 18.9 Å². The van der Waals surface area contributed by atoms with E-state index >= 15 is 4.79 Å². The van der Waals surface area contributed by atoms with Crippen molar-refractivity contribution >= 4 is 48.0 Å². The number of nitrogens with zero attached hydrogens (tertiary/aromatic N) is 4. The lowest BCUT2D eigenvalue weighted by molar-refractivity contribution is -0.146. The molecule has 2 aliphatic heterocycles. The molecule has 9 rings (SSSR count). The zero-order chi connectivity index (χ0) is 49.9. The number of aromatic nitrogens is 3. The van der Waals surface area contributed by atoms with Crippen LogP contribution in [0.1, 0.15) is 62.4 Å². The van der Waals surface area contributed by atoms with E-state index in [2.05, 4.69) is 53.1 Å². The molecule has 0 aliphatic carbocycles. The first-order valence-corrected chi connectivity index (χ1v) is 26.8. The molecule has 1 unspecified atom stereocenters. The fourth-order valence-corrected chi connectivity index (χ4v) is 14.6. The number of hydrogen-bond acceptors (Lipinski definition) is 10. The van der Waals surface area contributed by atoms with E-state index in [-0.39, 0.29) is 48.3 Å². The number of anilines is 3. The van der Waals surface area contributed by atoms with Crippen LogP contribution in [-0.4, -0.2) is 79.9 Å². The second-order valence-corrected chi connectivity index (χ2v) is 23.4. The summed E-state index contributed by atoms with van der Waals surface area (Å²) in [5, 5.41) is 26.7. The van der Waals surface area contributed by atoms with Crippen LogP contribution in [0.5, 0.6) is 17.2 Å². The fraction of sp³-hybridized carbons (Fsp3) is 0.268. The van der Waals surface area contributed by atoms with Gasteiger partial charge in [0.15, 0.2) is 5.60 Å². The van der Waals surface area contributed by atoms with Crippen molar-refractivity contribution in [2.45, 2.75) is 62.7 Å². The van der Waals surface area contributed by atoms with E-state index < -0.39 is 19.8 Å². The Morgan fingerprint density at radius 1 is 0.761 bits per heavy atom. The van der Waals surface area contributed by atoms with Gasteiger partial charge in [-0.15, -0.1) is 5.10 Å². The molecule has 0 radical (unpaired) electrons. The standard InChI is InChI=1S/C56H58N6O8Si/c1-36-52(71(5,6)46-26-24-45(69-4)25-27-46)51(29-30-61-34-49(59-60-61)47(35-63)38-12-8-7-9-13-38)70-56(36)48-32-42(58-54(65)40-17-22-44(68-3)23-18-40)19-28-50(48)62(55(56)66)33-37-11-10-14-41(31-37)57-53(64)39-15-20-43(67-2)21-16-39/h7-28,31-32,34,36,47,51-52,63H,29-30,33,35H2,1-6H3,(H,57,64)(H,58,65)/t36-,47?,51+,52-,56+/m0/s1. The Morgan fingerprint density at radius 3 is 1.94 bits per heavy atom. The number of methoxy groups -OCH3 is 3. The van der Waals surface area contributed by atoms with E-state index in [1.807, 2.05) is 91.1 Å². The molecule has 5 atom stereocenters. The van der Waals surface area contributed by atoms with Gasteiger partial charge in [0.25, 0.3) is 17.7 Å². The number of fused-ring (bicyclic) bond motifs is 2. The maximum Gasteiger partial charge on any atom is 0.264 e. The largest absolute Gasteiger partial charge is 0.497 e. The van der Waals surface area contributed by atoms with E-state index in [0.717, 1.165) is 16.9 Å². The molecule has 364 valence electrons. The van der Waals surface area contributed by atoms with Crippen LogP contribution in [0.15, 0.2) is 152 Å². The van der Waals surface area contributed by atoms with Crippen molar-refractivity contribution in [1.29, 1.82) is 0 Å². The summed E-state index contributed by atoms with van der Waals surface area (Å²) in [5.41, 5.74) is 4.16. The summed E-state index contributed by atoms with van der Waals surface area (Å²) in [4.78, 5) is 44.7. The van der Waals surface area contributed by atoms with Crippen molar-refractivity contribution in [1.82, 2.24) is 15.0 Å². The second-order valence-electron chi connectivity index (χ2n) is 18.7. The monoisotopic (exact) mass is 970 g/mol. The number of amides is 3. The number of ether oxygens (including phenoxy) is 4. The first kappa shape index (κ1) is 48.4. The minimum atomic E-state index is -2.55. The van der Waals surface area contributed by atoms with E-state index in [0.29, 0.717) is 63.9 Å². The molecule has 3 N–H and O–H groups in total. The fourth-order valence-electron chi connectivity index (χ4n) is 10.5. The molecule has 3 heterocycles. The minimum absolute atomic E-state index is 0.0980. The summed E-state index contributed by atoms with van der Waals surface area (Å²) >= 11 is 0. The summed E-state index contributed by atoms with van der Waals surface area (Å²) in [6.07, 6.45) is 1.97. The van der Waals surface area contributed by atoms with Crippen LogP contribution in [0.2, 0.25) is 18.6 Å². The summed E-state index contributed by atoms with van der Waals surface area (Å²) in [6, 6.07) is 44.8. The van der Waals surface area contributed by atoms with Crippen LogP contribution < -0.4 is 34.9 Å². The van der Waals surface area contributed by atoms with Crippen molar-refractivity contribution < 1.29 is 38.4 Å². The smallest absolute Gasteiger partial charge is 0.264 e. The molecular formula is C56H58N6O8Si. The van der Waals surface area contributed by atoms with Gasteiger partial charge in [0.1, 0.15) is 17.2 Å². The number of hydrogen-bond donors (Lipinski definition) is 3. The Labute approximate surface area is 414 Å². The number of aliphatic hydroxyl groups excluding tert-OH is 1. The molecule has 1 fully saturated rings. The second kappa shape index (κ2) is 20.4. The summed E-state index contributed by atoms with van der Waals surface area (Å²) < 4.78 is 25.4. The van der Waals surface area contributed by atoms with Crippen LogP contribution in [-0.2, 0) is 28.2 Å². The Hall–Kier alpha value is -7.59. The first-order chi connectivity index (χ1) is 34.4. The first-order valence-electron chi connectivity index (χ1n) is 23.7. The van der Waals surface area contributed by atoms with Gasteiger partial charge in [0, 0.05) is 46.7 Å². The van der Waals surface area contributed by atoms with E-state index in [1.54, 1.807) is 79.4 Å². The van der Waals surface area contributed by atoms with Gasteiger partial charge >= 0.3 is 0 Å².